The number of ether oxygens (including phenoxy) is 1. The number of amides is 1. The summed E-state index contributed by atoms with van der Waals surface area (Å²) in [4.78, 5) is 14.7. The van der Waals surface area contributed by atoms with Crippen LogP contribution in [0.3, 0.4) is 0 Å². The number of benzene rings is 1. The van der Waals surface area contributed by atoms with Crippen molar-refractivity contribution in [2.75, 3.05) is 33.3 Å². The van der Waals surface area contributed by atoms with E-state index in [0.717, 1.165) is 30.2 Å². The van der Waals surface area contributed by atoms with Crippen molar-refractivity contribution in [3.8, 4) is 5.75 Å². The first kappa shape index (κ1) is 15.3. The van der Waals surface area contributed by atoms with Crippen LogP contribution in [0.15, 0.2) is 24.3 Å². The van der Waals surface area contributed by atoms with Gasteiger partial charge in [0.15, 0.2) is 0 Å². The number of carbonyl (C=O) groups is 1. The highest BCUT2D eigenvalue weighted by molar-refractivity contribution is 5.76. The molecule has 1 aromatic carbocycles. The monoisotopic (exact) mass is 302 g/mol. The molecule has 3 heterocycles. The first-order valence-corrected chi connectivity index (χ1v) is 8.37. The topological polar surface area (TPSA) is 41.6 Å². The molecule has 4 rings (SSSR count). The molecule has 0 saturated carbocycles. The van der Waals surface area contributed by atoms with Gasteiger partial charge in [-0.05, 0) is 55.8 Å². The van der Waals surface area contributed by atoms with Crippen molar-refractivity contribution >= 4 is 5.91 Å². The fraction of sp³-hybridized carbons (Fsp3) is 0.611. The number of hydrogen-bond donors (Lipinski definition) is 1. The summed E-state index contributed by atoms with van der Waals surface area (Å²) < 4.78 is 5.34. The van der Waals surface area contributed by atoms with E-state index in [1.807, 2.05) is 18.2 Å². The van der Waals surface area contributed by atoms with Gasteiger partial charge in [-0.1, -0.05) is 18.2 Å². The molecule has 1 amide bonds. The molecule has 0 aromatic heterocycles. The summed E-state index contributed by atoms with van der Waals surface area (Å²) in [5.41, 5.74) is 1.15. The van der Waals surface area contributed by atoms with E-state index in [1.165, 1.54) is 25.9 Å². The Morgan fingerprint density at radius 3 is 2.77 bits per heavy atom. The first-order chi connectivity index (χ1) is 10.8. The number of hydrogen-bond acceptors (Lipinski definition) is 3. The molecule has 4 nitrogen and oxygen atoms in total. The van der Waals surface area contributed by atoms with Gasteiger partial charge in [-0.2, -0.15) is 0 Å². The molecule has 1 aromatic rings. The molecule has 1 unspecified atom stereocenters. The Hall–Kier alpha value is -1.55. The molecule has 0 spiro atoms. The van der Waals surface area contributed by atoms with Crippen LogP contribution < -0.4 is 10.1 Å². The third-order valence-corrected chi connectivity index (χ3v) is 5.15. The maximum Gasteiger partial charge on any atom is 0.220 e. The van der Waals surface area contributed by atoms with E-state index in [-0.39, 0.29) is 5.91 Å². The van der Waals surface area contributed by atoms with Gasteiger partial charge in [0.2, 0.25) is 5.91 Å². The van der Waals surface area contributed by atoms with Crippen molar-refractivity contribution < 1.29 is 9.53 Å². The Labute approximate surface area is 132 Å². The average molecular weight is 302 g/mol. The largest absolute Gasteiger partial charge is 0.496 e. The van der Waals surface area contributed by atoms with E-state index in [2.05, 4.69) is 16.3 Å². The van der Waals surface area contributed by atoms with Gasteiger partial charge in [0.05, 0.1) is 7.11 Å². The van der Waals surface area contributed by atoms with Gasteiger partial charge in [0.1, 0.15) is 5.75 Å². The van der Waals surface area contributed by atoms with Gasteiger partial charge in [-0.3, -0.25) is 4.79 Å². The van der Waals surface area contributed by atoms with E-state index >= 15 is 0 Å². The number of nitrogens with one attached hydrogen (secondary N) is 1. The van der Waals surface area contributed by atoms with Crippen molar-refractivity contribution in [2.45, 2.75) is 25.7 Å². The van der Waals surface area contributed by atoms with Gasteiger partial charge >= 0.3 is 0 Å². The second-order valence-corrected chi connectivity index (χ2v) is 6.51. The Morgan fingerprint density at radius 1 is 1.32 bits per heavy atom. The van der Waals surface area contributed by atoms with E-state index in [4.69, 9.17) is 4.74 Å². The highest BCUT2D eigenvalue weighted by Crippen LogP contribution is 2.34. The Balaban J connectivity index is 1.43. The van der Waals surface area contributed by atoms with Crippen molar-refractivity contribution in [3.63, 3.8) is 0 Å². The van der Waals surface area contributed by atoms with Crippen LogP contribution in [-0.4, -0.2) is 44.1 Å². The van der Waals surface area contributed by atoms with Crippen molar-refractivity contribution in [3.05, 3.63) is 29.8 Å². The quantitative estimate of drug-likeness (QED) is 0.875. The molecule has 3 aliphatic rings. The minimum atomic E-state index is 0.202. The number of nitrogens with zero attached hydrogens (tertiary/aromatic N) is 1. The molecule has 3 saturated heterocycles. The number of fused-ring (bicyclic) bond motifs is 3. The highest BCUT2D eigenvalue weighted by atomic mass is 16.5. The fourth-order valence-corrected chi connectivity index (χ4v) is 3.88. The third kappa shape index (κ3) is 3.61. The molecular weight excluding hydrogens is 276 g/mol. The summed E-state index contributed by atoms with van der Waals surface area (Å²) in [5.74, 6) is 2.43. The van der Waals surface area contributed by atoms with Crippen LogP contribution in [0.2, 0.25) is 0 Å². The number of methoxy groups -OCH3 is 1. The van der Waals surface area contributed by atoms with E-state index in [0.29, 0.717) is 18.9 Å². The number of carbonyl (C=O) groups excluding carboxylic acids is 1. The predicted molar refractivity (Wildman–Crippen MR) is 87.0 cm³/mol. The zero-order valence-corrected chi connectivity index (χ0v) is 13.4. The summed E-state index contributed by atoms with van der Waals surface area (Å²) in [5, 5.41) is 3.08. The second kappa shape index (κ2) is 7.14. The standard InChI is InChI=1S/C18H26N2O2/c1-22-17-5-3-2-4-15(17)6-9-19-18(21)12-16-13-20-10-7-14(16)8-11-20/h2-5,14,16H,6-13H2,1H3,(H,19,21). The van der Waals surface area contributed by atoms with Gasteiger partial charge in [0, 0.05) is 19.5 Å². The lowest BCUT2D eigenvalue weighted by atomic mass is 9.77. The minimum Gasteiger partial charge on any atom is -0.496 e. The zero-order valence-electron chi connectivity index (χ0n) is 13.4. The molecule has 4 heteroatoms. The lowest BCUT2D eigenvalue weighted by Crippen LogP contribution is -2.48. The molecule has 2 bridgehead atoms. The van der Waals surface area contributed by atoms with Crippen molar-refractivity contribution in [2.24, 2.45) is 11.8 Å². The van der Waals surface area contributed by atoms with E-state index in [9.17, 15) is 4.79 Å². The number of para-hydroxylation sites is 1. The van der Waals surface area contributed by atoms with Gasteiger partial charge in [0.25, 0.3) is 0 Å². The molecule has 22 heavy (non-hydrogen) atoms. The van der Waals surface area contributed by atoms with E-state index in [1.54, 1.807) is 7.11 Å². The molecule has 0 aliphatic carbocycles. The molecule has 1 atom stereocenters. The van der Waals surface area contributed by atoms with Crippen molar-refractivity contribution in [1.82, 2.24) is 10.2 Å². The van der Waals surface area contributed by atoms with Gasteiger partial charge < -0.3 is 15.0 Å². The molecular formula is C18H26N2O2. The molecule has 3 aliphatic heterocycles. The highest BCUT2D eigenvalue weighted by Gasteiger charge is 2.34. The zero-order chi connectivity index (χ0) is 15.4. The molecule has 120 valence electrons. The van der Waals surface area contributed by atoms with Crippen LogP contribution in [-0.2, 0) is 11.2 Å². The molecule has 1 N–H and O–H groups in total. The summed E-state index contributed by atoms with van der Waals surface area (Å²) in [6.45, 7) is 4.26. The summed E-state index contributed by atoms with van der Waals surface area (Å²) in [7, 11) is 1.69. The molecule has 0 radical (unpaired) electrons. The normalized spacial score (nSPS) is 26.7. The van der Waals surface area contributed by atoms with Crippen LogP contribution in [0, 0.1) is 11.8 Å². The molecule has 3 fully saturated rings. The van der Waals surface area contributed by atoms with Crippen LogP contribution in [0.4, 0.5) is 0 Å². The van der Waals surface area contributed by atoms with Crippen LogP contribution in [0.5, 0.6) is 5.75 Å². The SMILES string of the molecule is COc1ccccc1CCNC(=O)CC1CN2CCC1CC2. The van der Waals surface area contributed by atoms with Crippen LogP contribution in [0.25, 0.3) is 0 Å². The van der Waals surface area contributed by atoms with Crippen LogP contribution in [0.1, 0.15) is 24.8 Å². The maximum atomic E-state index is 12.2. The summed E-state index contributed by atoms with van der Waals surface area (Å²) in [6.07, 6.45) is 4.06. The second-order valence-electron chi connectivity index (χ2n) is 6.51. The Kier molecular flexibility index (Phi) is 4.98. The minimum absolute atomic E-state index is 0.202. The first-order valence-electron chi connectivity index (χ1n) is 8.37. The lowest BCUT2D eigenvalue weighted by Gasteiger charge is -2.44. The van der Waals surface area contributed by atoms with Gasteiger partial charge in [-0.25, -0.2) is 0 Å². The number of rotatable bonds is 6. The third-order valence-electron chi connectivity index (χ3n) is 5.15. The van der Waals surface area contributed by atoms with Crippen molar-refractivity contribution in [1.29, 1.82) is 0 Å². The average Bonchev–Trinajstić information content (AvgIpc) is 2.56. The lowest BCUT2D eigenvalue weighted by molar-refractivity contribution is -0.123. The predicted octanol–water partition coefficient (Wildman–Crippen LogP) is 2.09. The smallest absolute Gasteiger partial charge is 0.220 e. The summed E-state index contributed by atoms with van der Waals surface area (Å²) >= 11 is 0. The number of piperidine rings is 3. The maximum absolute atomic E-state index is 12.2. The Bertz CT molecular complexity index is 510. The fourth-order valence-electron chi connectivity index (χ4n) is 3.88. The van der Waals surface area contributed by atoms with Crippen LogP contribution >= 0.6 is 0 Å². The Morgan fingerprint density at radius 2 is 2.09 bits per heavy atom. The van der Waals surface area contributed by atoms with E-state index < -0.39 is 0 Å². The summed E-state index contributed by atoms with van der Waals surface area (Å²) in [6, 6.07) is 7.99. The van der Waals surface area contributed by atoms with Gasteiger partial charge in [-0.15, -0.1) is 0 Å².